The number of ether oxygens (including phenoxy) is 1. The molecule has 0 unspecified atom stereocenters. The molecule has 2 N–H and O–H groups in total. The zero-order valence-corrected chi connectivity index (χ0v) is 12.2. The fraction of sp³-hybridized carbons (Fsp3) is 0.562. The molecular formula is C16H24N2O2. The van der Waals surface area contributed by atoms with Gasteiger partial charge in [0.05, 0.1) is 12.3 Å². The fourth-order valence-electron chi connectivity index (χ4n) is 2.73. The first-order chi connectivity index (χ1) is 9.83. The molecular weight excluding hydrogens is 252 g/mol. The standard InChI is InChI=1S/C16H24N2O2/c1-2-20-16-6-5-14(11-15(16)18-12-19)4-3-13-7-9-17-10-8-13/h5-6,11-13,17H,2-4,7-10H2,1H3,(H,18,19). The number of nitrogens with one attached hydrogen (secondary N) is 2. The van der Waals surface area contributed by atoms with Crippen LogP contribution in [-0.4, -0.2) is 26.1 Å². The Morgan fingerprint density at radius 1 is 1.40 bits per heavy atom. The van der Waals surface area contributed by atoms with Crippen LogP contribution in [0.5, 0.6) is 5.75 Å². The number of carbonyl (C=O) groups excluding carboxylic acids is 1. The third kappa shape index (κ3) is 4.23. The van der Waals surface area contributed by atoms with Crippen molar-refractivity contribution >= 4 is 12.1 Å². The van der Waals surface area contributed by atoms with Gasteiger partial charge in [0.25, 0.3) is 0 Å². The molecule has 0 bridgehead atoms. The summed E-state index contributed by atoms with van der Waals surface area (Å²) in [7, 11) is 0. The van der Waals surface area contributed by atoms with E-state index in [9.17, 15) is 4.79 Å². The highest BCUT2D eigenvalue weighted by Gasteiger charge is 2.13. The summed E-state index contributed by atoms with van der Waals surface area (Å²) in [6.07, 6.45) is 5.53. The number of rotatable bonds is 7. The van der Waals surface area contributed by atoms with Crippen LogP contribution in [0.25, 0.3) is 0 Å². The average molecular weight is 276 g/mol. The molecule has 1 aliphatic rings. The van der Waals surface area contributed by atoms with Gasteiger partial charge in [-0.15, -0.1) is 0 Å². The van der Waals surface area contributed by atoms with Gasteiger partial charge in [0.2, 0.25) is 6.41 Å². The van der Waals surface area contributed by atoms with Gasteiger partial charge >= 0.3 is 0 Å². The summed E-state index contributed by atoms with van der Waals surface area (Å²) < 4.78 is 5.51. The van der Waals surface area contributed by atoms with Crippen molar-refractivity contribution in [1.29, 1.82) is 0 Å². The van der Waals surface area contributed by atoms with Gasteiger partial charge in [-0.2, -0.15) is 0 Å². The Bertz CT molecular complexity index is 428. The van der Waals surface area contributed by atoms with Gasteiger partial charge in [0, 0.05) is 0 Å². The number of hydrogen-bond donors (Lipinski definition) is 2. The first-order valence-electron chi connectivity index (χ1n) is 7.50. The van der Waals surface area contributed by atoms with Crippen molar-refractivity contribution in [3.8, 4) is 5.75 Å². The maximum Gasteiger partial charge on any atom is 0.211 e. The van der Waals surface area contributed by atoms with Crippen LogP contribution >= 0.6 is 0 Å². The summed E-state index contributed by atoms with van der Waals surface area (Å²) in [5.74, 6) is 1.57. The van der Waals surface area contributed by atoms with Crippen molar-refractivity contribution in [3.63, 3.8) is 0 Å². The quantitative estimate of drug-likeness (QED) is 0.753. The molecule has 2 rings (SSSR count). The third-order valence-corrected chi connectivity index (χ3v) is 3.86. The summed E-state index contributed by atoms with van der Waals surface area (Å²) in [5.41, 5.74) is 2.03. The molecule has 4 heteroatoms. The highest BCUT2D eigenvalue weighted by atomic mass is 16.5. The Labute approximate surface area is 120 Å². The van der Waals surface area contributed by atoms with Crippen LogP contribution in [0.3, 0.4) is 0 Å². The van der Waals surface area contributed by atoms with Crippen LogP contribution in [0.1, 0.15) is 31.7 Å². The molecule has 1 aliphatic heterocycles. The average Bonchev–Trinajstić information content (AvgIpc) is 2.49. The van der Waals surface area contributed by atoms with E-state index in [0.29, 0.717) is 13.0 Å². The van der Waals surface area contributed by atoms with Crippen molar-refractivity contribution in [2.75, 3.05) is 25.0 Å². The SMILES string of the molecule is CCOc1ccc(CCC2CCNCC2)cc1NC=O. The van der Waals surface area contributed by atoms with E-state index < -0.39 is 0 Å². The smallest absolute Gasteiger partial charge is 0.211 e. The maximum absolute atomic E-state index is 10.7. The van der Waals surface area contributed by atoms with E-state index in [1.165, 1.54) is 24.8 Å². The van der Waals surface area contributed by atoms with Crippen LogP contribution in [-0.2, 0) is 11.2 Å². The molecule has 0 spiro atoms. The lowest BCUT2D eigenvalue weighted by atomic mass is 9.91. The number of piperidine rings is 1. The van der Waals surface area contributed by atoms with E-state index in [2.05, 4.69) is 16.7 Å². The number of carbonyl (C=O) groups is 1. The zero-order valence-electron chi connectivity index (χ0n) is 12.2. The van der Waals surface area contributed by atoms with E-state index in [0.717, 1.165) is 36.9 Å². The fourth-order valence-corrected chi connectivity index (χ4v) is 2.73. The summed E-state index contributed by atoms with van der Waals surface area (Å²) >= 11 is 0. The molecule has 1 aromatic carbocycles. The molecule has 1 saturated heterocycles. The highest BCUT2D eigenvalue weighted by molar-refractivity contribution is 5.75. The van der Waals surface area contributed by atoms with Crippen LogP contribution in [0.15, 0.2) is 18.2 Å². The molecule has 20 heavy (non-hydrogen) atoms. The van der Waals surface area contributed by atoms with Gasteiger partial charge < -0.3 is 15.4 Å². The molecule has 0 atom stereocenters. The van der Waals surface area contributed by atoms with Gasteiger partial charge in [-0.1, -0.05) is 6.07 Å². The van der Waals surface area contributed by atoms with Crippen LogP contribution in [0.2, 0.25) is 0 Å². The predicted octanol–water partition coefficient (Wildman–Crippen LogP) is 2.59. The van der Waals surface area contributed by atoms with Crippen LogP contribution < -0.4 is 15.4 Å². The van der Waals surface area contributed by atoms with Gasteiger partial charge in [0.15, 0.2) is 0 Å². The molecule has 1 aromatic rings. The Morgan fingerprint density at radius 3 is 2.90 bits per heavy atom. The number of anilines is 1. The van der Waals surface area contributed by atoms with Crippen molar-refractivity contribution in [3.05, 3.63) is 23.8 Å². The van der Waals surface area contributed by atoms with Crippen LogP contribution in [0, 0.1) is 5.92 Å². The second kappa shape index (κ2) is 7.90. The minimum Gasteiger partial charge on any atom is -0.492 e. The molecule has 0 radical (unpaired) electrons. The maximum atomic E-state index is 10.7. The van der Waals surface area contributed by atoms with E-state index in [-0.39, 0.29) is 0 Å². The first kappa shape index (κ1) is 14.9. The number of amides is 1. The Kier molecular flexibility index (Phi) is 5.87. The summed E-state index contributed by atoms with van der Waals surface area (Å²) in [6.45, 7) is 4.83. The molecule has 1 heterocycles. The zero-order chi connectivity index (χ0) is 14.2. The van der Waals surface area contributed by atoms with Gasteiger partial charge in [-0.25, -0.2) is 0 Å². The molecule has 0 aromatic heterocycles. The van der Waals surface area contributed by atoms with Crippen molar-refractivity contribution in [2.24, 2.45) is 5.92 Å². The summed E-state index contributed by atoms with van der Waals surface area (Å²) in [6, 6.07) is 6.08. The van der Waals surface area contributed by atoms with Crippen LogP contribution in [0.4, 0.5) is 5.69 Å². The molecule has 1 amide bonds. The summed E-state index contributed by atoms with van der Waals surface area (Å²) in [5, 5.41) is 6.12. The number of hydrogen-bond acceptors (Lipinski definition) is 3. The second-order valence-corrected chi connectivity index (χ2v) is 5.26. The molecule has 0 aliphatic carbocycles. The van der Waals surface area contributed by atoms with Crippen molar-refractivity contribution in [2.45, 2.75) is 32.6 Å². The minimum atomic E-state index is 0.599. The second-order valence-electron chi connectivity index (χ2n) is 5.26. The Morgan fingerprint density at radius 2 is 2.20 bits per heavy atom. The highest BCUT2D eigenvalue weighted by Crippen LogP contribution is 2.27. The van der Waals surface area contributed by atoms with Gasteiger partial charge in [0.1, 0.15) is 5.75 Å². The Hall–Kier alpha value is -1.55. The first-order valence-corrected chi connectivity index (χ1v) is 7.50. The van der Waals surface area contributed by atoms with Gasteiger partial charge in [-0.3, -0.25) is 4.79 Å². The lowest BCUT2D eigenvalue weighted by molar-refractivity contribution is -0.105. The van der Waals surface area contributed by atoms with Gasteiger partial charge in [-0.05, 0) is 69.3 Å². The molecule has 0 saturated carbocycles. The summed E-state index contributed by atoms with van der Waals surface area (Å²) in [4.78, 5) is 10.7. The Balaban J connectivity index is 1.96. The molecule has 1 fully saturated rings. The van der Waals surface area contributed by atoms with Crippen molar-refractivity contribution in [1.82, 2.24) is 5.32 Å². The molecule has 4 nitrogen and oxygen atoms in total. The van der Waals surface area contributed by atoms with E-state index in [4.69, 9.17) is 4.74 Å². The minimum absolute atomic E-state index is 0.599. The topological polar surface area (TPSA) is 50.4 Å². The number of benzene rings is 1. The lowest BCUT2D eigenvalue weighted by Crippen LogP contribution is -2.27. The normalized spacial score (nSPS) is 15.8. The third-order valence-electron chi connectivity index (χ3n) is 3.86. The largest absolute Gasteiger partial charge is 0.492 e. The van der Waals surface area contributed by atoms with E-state index in [1.807, 2.05) is 19.1 Å². The molecule has 110 valence electrons. The van der Waals surface area contributed by atoms with E-state index in [1.54, 1.807) is 0 Å². The lowest BCUT2D eigenvalue weighted by Gasteiger charge is -2.22. The predicted molar refractivity (Wildman–Crippen MR) is 81.2 cm³/mol. The van der Waals surface area contributed by atoms with Crippen molar-refractivity contribution < 1.29 is 9.53 Å². The van der Waals surface area contributed by atoms with E-state index >= 15 is 0 Å². The monoisotopic (exact) mass is 276 g/mol. The number of aryl methyl sites for hydroxylation is 1.